The first-order chi connectivity index (χ1) is 12.2. The minimum absolute atomic E-state index is 0.108. The molecule has 2 aromatic carbocycles. The number of carbonyl (C=O) groups is 1. The number of ether oxygens (including phenoxy) is 1. The van der Waals surface area contributed by atoms with Gasteiger partial charge in [0.25, 0.3) is 0 Å². The van der Waals surface area contributed by atoms with E-state index >= 15 is 0 Å². The van der Waals surface area contributed by atoms with Crippen LogP contribution in [0.25, 0.3) is 11.1 Å². The van der Waals surface area contributed by atoms with Gasteiger partial charge in [0.1, 0.15) is 6.61 Å². The summed E-state index contributed by atoms with van der Waals surface area (Å²) >= 11 is 0. The predicted molar refractivity (Wildman–Crippen MR) is 101 cm³/mol. The molecule has 0 aliphatic heterocycles. The van der Waals surface area contributed by atoms with Gasteiger partial charge in [0.15, 0.2) is 0 Å². The van der Waals surface area contributed by atoms with Crippen LogP contribution < -0.4 is 11.1 Å². The summed E-state index contributed by atoms with van der Waals surface area (Å²) in [5.41, 5.74) is 10.7. The Morgan fingerprint density at radius 2 is 1.68 bits per heavy atom. The molecule has 25 heavy (non-hydrogen) atoms. The number of benzene rings is 2. The number of amides is 1. The quantitative estimate of drug-likeness (QED) is 0.749. The van der Waals surface area contributed by atoms with E-state index in [0.717, 1.165) is 19.3 Å². The summed E-state index contributed by atoms with van der Waals surface area (Å²) in [6, 6.07) is 16.9. The number of hydrogen-bond acceptors (Lipinski definition) is 3. The highest BCUT2D eigenvalue weighted by Crippen LogP contribution is 2.44. The molecule has 4 nitrogen and oxygen atoms in total. The first-order valence-corrected chi connectivity index (χ1v) is 9.01. The molecule has 0 spiro atoms. The molecule has 3 rings (SSSR count). The van der Waals surface area contributed by atoms with Crippen LogP contribution in [-0.4, -0.2) is 25.3 Å². The Morgan fingerprint density at radius 3 is 2.28 bits per heavy atom. The van der Waals surface area contributed by atoms with Crippen molar-refractivity contribution in [3.05, 3.63) is 59.7 Å². The van der Waals surface area contributed by atoms with E-state index in [1.807, 2.05) is 31.2 Å². The zero-order valence-corrected chi connectivity index (χ0v) is 14.7. The molecule has 132 valence electrons. The maximum Gasteiger partial charge on any atom is 0.407 e. The number of unbranched alkanes of at least 4 members (excludes halogenated alkanes) is 1. The highest BCUT2D eigenvalue weighted by molar-refractivity contribution is 5.79. The zero-order chi connectivity index (χ0) is 17.6. The Balaban J connectivity index is 1.54. The van der Waals surface area contributed by atoms with Crippen molar-refractivity contribution in [3.63, 3.8) is 0 Å². The zero-order valence-electron chi connectivity index (χ0n) is 14.7. The average molecular weight is 338 g/mol. The van der Waals surface area contributed by atoms with Crippen LogP contribution in [0.3, 0.4) is 0 Å². The van der Waals surface area contributed by atoms with Gasteiger partial charge in [0.2, 0.25) is 0 Å². The predicted octanol–water partition coefficient (Wildman–Crippen LogP) is 4.04. The summed E-state index contributed by atoms with van der Waals surface area (Å²) in [5, 5.41) is 2.83. The second-order valence-electron chi connectivity index (χ2n) is 6.73. The van der Waals surface area contributed by atoms with Gasteiger partial charge in [-0.05, 0) is 42.0 Å². The largest absolute Gasteiger partial charge is 0.449 e. The molecule has 0 aromatic heterocycles. The molecule has 0 heterocycles. The molecule has 1 aliphatic rings. The van der Waals surface area contributed by atoms with E-state index in [1.54, 1.807) is 0 Å². The fraction of sp³-hybridized carbons (Fsp3) is 0.381. The molecule has 0 saturated carbocycles. The highest BCUT2D eigenvalue weighted by Gasteiger charge is 2.28. The number of alkyl carbamates (subject to hydrolysis) is 1. The summed E-state index contributed by atoms with van der Waals surface area (Å²) in [4.78, 5) is 12.0. The summed E-state index contributed by atoms with van der Waals surface area (Å²) in [5.74, 6) is 0.108. The first kappa shape index (κ1) is 17.5. The Labute approximate surface area is 149 Å². The minimum Gasteiger partial charge on any atom is -0.449 e. The van der Waals surface area contributed by atoms with E-state index in [0.29, 0.717) is 13.2 Å². The summed E-state index contributed by atoms with van der Waals surface area (Å²) < 4.78 is 5.49. The summed E-state index contributed by atoms with van der Waals surface area (Å²) in [7, 11) is 0. The van der Waals surface area contributed by atoms with Crippen LogP contribution in [0.5, 0.6) is 0 Å². The lowest BCUT2D eigenvalue weighted by molar-refractivity contribution is 0.143. The maximum atomic E-state index is 12.0. The molecule has 3 N–H and O–H groups in total. The third kappa shape index (κ3) is 4.20. The fourth-order valence-electron chi connectivity index (χ4n) is 3.43. The second-order valence-corrected chi connectivity index (χ2v) is 6.73. The lowest BCUT2D eigenvalue weighted by Crippen LogP contribution is -2.27. The number of hydrogen-bond donors (Lipinski definition) is 2. The molecular formula is C21H26N2O2. The van der Waals surface area contributed by atoms with Crippen LogP contribution in [0.15, 0.2) is 48.5 Å². The Kier molecular flexibility index (Phi) is 5.71. The fourth-order valence-corrected chi connectivity index (χ4v) is 3.43. The van der Waals surface area contributed by atoms with E-state index in [-0.39, 0.29) is 18.1 Å². The molecule has 0 radical (unpaired) electrons. The van der Waals surface area contributed by atoms with Crippen LogP contribution in [0.2, 0.25) is 0 Å². The van der Waals surface area contributed by atoms with Gasteiger partial charge >= 0.3 is 6.09 Å². The molecule has 2 aromatic rings. The molecule has 1 amide bonds. The van der Waals surface area contributed by atoms with Crippen molar-refractivity contribution in [3.8, 4) is 11.1 Å². The smallest absolute Gasteiger partial charge is 0.407 e. The third-order valence-electron chi connectivity index (χ3n) is 4.70. The molecule has 1 unspecified atom stereocenters. The van der Waals surface area contributed by atoms with Gasteiger partial charge in [-0.1, -0.05) is 55.0 Å². The number of nitrogens with two attached hydrogens (primary N) is 1. The molecule has 0 saturated heterocycles. The Hall–Kier alpha value is -2.33. The Morgan fingerprint density at radius 1 is 1.08 bits per heavy atom. The monoisotopic (exact) mass is 338 g/mol. The van der Waals surface area contributed by atoms with Crippen molar-refractivity contribution in [2.45, 2.75) is 38.1 Å². The number of rotatable bonds is 7. The van der Waals surface area contributed by atoms with Gasteiger partial charge < -0.3 is 15.8 Å². The third-order valence-corrected chi connectivity index (χ3v) is 4.70. The first-order valence-electron chi connectivity index (χ1n) is 9.01. The van der Waals surface area contributed by atoms with Gasteiger partial charge in [0.05, 0.1) is 0 Å². The SMILES string of the molecule is CC(N)CCCCNC(=O)OCC1c2ccccc2-c2ccccc21. The van der Waals surface area contributed by atoms with Gasteiger partial charge in [-0.3, -0.25) is 0 Å². The van der Waals surface area contributed by atoms with E-state index in [1.165, 1.54) is 22.3 Å². The van der Waals surface area contributed by atoms with Crippen molar-refractivity contribution in [1.82, 2.24) is 5.32 Å². The topological polar surface area (TPSA) is 64.3 Å². The normalized spacial score (nSPS) is 13.8. The average Bonchev–Trinajstić information content (AvgIpc) is 2.93. The number of nitrogens with one attached hydrogen (secondary N) is 1. The van der Waals surface area contributed by atoms with Gasteiger partial charge in [-0.25, -0.2) is 4.79 Å². The molecular weight excluding hydrogens is 312 g/mol. The van der Waals surface area contributed by atoms with E-state index in [4.69, 9.17) is 10.5 Å². The van der Waals surface area contributed by atoms with Crippen LogP contribution >= 0.6 is 0 Å². The van der Waals surface area contributed by atoms with E-state index in [9.17, 15) is 4.79 Å². The lowest BCUT2D eigenvalue weighted by Gasteiger charge is -2.14. The van der Waals surface area contributed by atoms with Crippen LogP contribution in [0.4, 0.5) is 4.79 Å². The van der Waals surface area contributed by atoms with Crippen molar-refractivity contribution in [2.75, 3.05) is 13.2 Å². The van der Waals surface area contributed by atoms with Crippen molar-refractivity contribution in [1.29, 1.82) is 0 Å². The van der Waals surface area contributed by atoms with Crippen LogP contribution in [-0.2, 0) is 4.74 Å². The lowest BCUT2D eigenvalue weighted by atomic mass is 9.98. The molecule has 0 bridgehead atoms. The van der Waals surface area contributed by atoms with Crippen molar-refractivity contribution >= 4 is 6.09 Å². The second kappa shape index (κ2) is 8.17. The molecule has 4 heteroatoms. The minimum atomic E-state index is -0.345. The summed E-state index contributed by atoms with van der Waals surface area (Å²) in [6.45, 7) is 2.99. The maximum absolute atomic E-state index is 12.0. The molecule has 1 aliphatic carbocycles. The standard InChI is InChI=1S/C21H26N2O2/c1-15(22)8-6-7-13-23-21(24)25-14-20-18-11-4-2-9-16(18)17-10-3-5-12-19(17)20/h2-5,9-12,15,20H,6-8,13-14,22H2,1H3,(H,23,24). The van der Waals surface area contributed by atoms with Gasteiger partial charge in [-0.15, -0.1) is 0 Å². The number of carbonyl (C=O) groups excluding carboxylic acids is 1. The van der Waals surface area contributed by atoms with Crippen molar-refractivity contribution in [2.24, 2.45) is 5.73 Å². The Bertz CT molecular complexity index is 682. The number of fused-ring (bicyclic) bond motifs is 3. The van der Waals surface area contributed by atoms with Crippen LogP contribution in [0.1, 0.15) is 43.2 Å². The van der Waals surface area contributed by atoms with E-state index < -0.39 is 0 Å². The molecule has 1 atom stereocenters. The molecule has 0 fully saturated rings. The summed E-state index contributed by atoms with van der Waals surface area (Å²) in [6.07, 6.45) is 2.57. The van der Waals surface area contributed by atoms with Crippen molar-refractivity contribution < 1.29 is 9.53 Å². The van der Waals surface area contributed by atoms with Gasteiger partial charge in [-0.2, -0.15) is 0 Å². The van der Waals surface area contributed by atoms with E-state index in [2.05, 4.69) is 29.6 Å². The highest BCUT2D eigenvalue weighted by atomic mass is 16.5. The van der Waals surface area contributed by atoms with Gasteiger partial charge in [0, 0.05) is 18.5 Å². The van der Waals surface area contributed by atoms with Crippen LogP contribution in [0, 0.1) is 0 Å².